The first kappa shape index (κ1) is 15.4. The lowest BCUT2D eigenvalue weighted by Crippen LogP contribution is -2.15. The Balaban J connectivity index is 1.92. The first-order valence-corrected chi connectivity index (χ1v) is 7.71. The zero-order valence-electron chi connectivity index (χ0n) is 13.8. The fourth-order valence-corrected chi connectivity index (χ4v) is 2.47. The topological polar surface area (TPSA) is 68.2 Å². The van der Waals surface area contributed by atoms with Gasteiger partial charge in [0.15, 0.2) is 5.78 Å². The molecular formula is C17H20N4O2. The van der Waals surface area contributed by atoms with E-state index in [-0.39, 0.29) is 17.7 Å². The van der Waals surface area contributed by atoms with Crippen molar-refractivity contribution >= 4 is 11.7 Å². The van der Waals surface area contributed by atoms with Crippen LogP contribution in [-0.2, 0) is 6.42 Å². The standard InChI is InChI=1S/C17H20N4O2/c1-10(2)15-18-16(21(3)4)20-17(19-15)23-12-6-7-13-11(9-12)5-8-14(13)22/h6-7,9-10H,5,8H2,1-4H3. The van der Waals surface area contributed by atoms with Gasteiger partial charge in [-0.25, -0.2) is 0 Å². The number of carbonyl (C=O) groups is 1. The molecule has 0 aliphatic heterocycles. The van der Waals surface area contributed by atoms with Crippen molar-refractivity contribution in [1.82, 2.24) is 15.0 Å². The molecule has 0 fully saturated rings. The molecule has 0 spiro atoms. The van der Waals surface area contributed by atoms with Crippen LogP contribution in [0.4, 0.5) is 5.95 Å². The highest BCUT2D eigenvalue weighted by atomic mass is 16.5. The first-order chi connectivity index (χ1) is 10.9. The fraction of sp³-hybridized carbons (Fsp3) is 0.412. The van der Waals surface area contributed by atoms with Crippen LogP contribution < -0.4 is 9.64 Å². The average Bonchev–Trinajstić information content (AvgIpc) is 2.87. The van der Waals surface area contributed by atoms with E-state index in [2.05, 4.69) is 15.0 Å². The molecule has 1 aliphatic rings. The Morgan fingerprint density at radius 2 is 1.91 bits per heavy atom. The van der Waals surface area contributed by atoms with Crippen LogP contribution in [-0.4, -0.2) is 34.8 Å². The number of Topliss-reactive ketones (excluding diaryl/α,β-unsaturated/α-hetero) is 1. The Bertz CT molecular complexity index is 730. The Hall–Kier alpha value is -2.50. The summed E-state index contributed by atoms with van der Waals surface area (Å²) in [6.45, 7) is 4.05. The molecule has 1 aliphatic carbocycles. The van der Waals surface area contributed by atoms with Crippen molar-refractivity contribution in [3.8, 4) is 11.8 Å². The largest absolute Gasteiger partial charge is 0.424 e. The smallest absolute Gasteiger partial charge is 0.327 e. The van der Waals surface area contributed by atoms with Crippen LogP contribution in [0.25, 0.3) is 0 Å². The van der Waals surface area contributed by atoms with E-state index in [0.29, 0.717) is 23.9 Å². The number of hydrogen-bond donors (Lipinski definition) is 0. The van der Waals surface area contributed by atoms with Gasteiger partial charge in [-0.3, -0.25) is 4.79 Å². The highest BCUT2D eigenvalue weighted by Crippen LogP contribution is 2.28. The minimum absolute atomic E-state index is 0.177. The molecule has 0 unspecified atom stereocenters. The Kier molecular flexibility index (Phi) is 3.98. The van der Waals surface area contributed by atoms with Gasteiger partial charge < -0.3 is 9.64 Å². The number of ether oxygens (including phenoxy) is 1. The number of rotatable bonds is 4. The molecule has 0 radical (unpaired) electrons. The van der Waals surface area contributed by atoms with Gasteiger partial charge in [-0.1, -0.05) is 13.8 Å². The van der Waals surface area contributed by atoms with Crippen LogP contribution in [0.5, 0.6) is 11.8 Å². The lowest BCUT2D eigenvalue weighted by molar-refractivity contribution is 0.0994. The number of hydrogen-bond acceptors (Lipinski definition) is 6. The summed E-state index contributed by atoms with van der Waals surface area (Å²) in [5, 5.41) is 0. The summed E-state index contributed by atoms with van der Waals surface area (Å²) < 4.78 is 5.82. The quantitative estimate of drug-likeness (QED) is 0.864. The van der Waals surface area contributed by atoms with Crippen molar-refractivity contribution in [2.45, 2.75) is 32.6 Å². The molecule has 23 heavy (non-hydrogen) atoms. The van der Waals surface area contributed by atoms with Gasteiger partial charge in [-0.05, 0) is 30.2 Å². The van der Waals surface area contributed by atoms with Crippen molar-refractivity contribution in [2.24, 2.45) is 0 Å². The van der Waals surface area contributed by atoms with E-state index in [1.54, 1.807) is 6.07 Å². The van der Waals surface area contributed by atoms with Crippen molar-refractivity contribution in [1.29, 1.82) is 0 Å². The molecule has 0 saturated heterocycles. The minimum Gasteiger partial charge on any atom is -0.424 e. The van der Waals surface area contributed by atoms with E-state index in [1.807, 2.05) is 45.0 Å². The number of carbonyl (C=O) groups excluding carboxylic acids is 1. The number of fused-ring (bicyclic) bond motifs is 1. The van der Waals surface area contributed by atoms with Crippen LogP contribution >= 0.6 is 0 Å². The molecule has 6 heteroatoms. The third-order valence-corrected chi connectivity index (χ3v) is 3.74. The second-order valence-electron chi connectivity index (χ2n) is 6.17. The molecule has 0 N–H and O–H groups in total. The summed E-state index contributed by atoms with van der Waals surface area (Å²) in [5.74, 6) is 2.27. The summed E-state index contributed by atoms with van der Waals surface area (Å²) >= 11 is 0. The SMILES string of the molecule is CC(C)c1nc(Oc2ccc3c(c2)CCC3=O)nc(N(C)C)n1. The van der Waals surface area contributed by atoms with Crippen molar-refractivity contribution in [2.75, 3.05) is 19.0 Å². The van der Waals surface area contributed by atoms with Crippen LogP contribution in [0, 0.1) is 0 Å². The Labute approximate surface area is 135 Å². The van der Waals surface area contributed by atoms with Crippen LogP contribution in [0.1, 0.15) is 47.9 Å². The van der Waals surface area contributed by atoms with Gasteiger partial charge in [0, 0.05) is 32.0 Å². The van der Waals surface area contributed by atoms with Gasteiger partial charge >= 0.3 is 6.01 Å². The zero-order chi connectivity index (χ0) is 16.6. The van der Waals surface area contributed by atoms with E-state index in [9.17, 15) is 4.79 Å². The predicted molar refractivity (Wildman–Crippen MR) is 87.4 cm³/mol. The summed E-state index contributed by atoms with van der Waals surface area (Å²) in [6.07, 6.45) is 1.34. The zero-order valence-corrected chi connectivity index (χ0v) is 13.8. The molecule has 6 nitrogen and oxygen atoms in total. The lowest BCUT2D eigenvalue weighted by Gasteiger charge is -2.14. The van der Waals surface area contributed by atoms with Crippen LogP contribution in [0.3, 0.4) is 0 Å². The van der Waals surface area contributed by atoms with E-state index in [1.165, 1.54) is 0 Å². The number of benzene rings is 1. The Morgan fingerprint density at radius 1 is 1.13 bits per heavy atom. The van der Waals surface area contributed by atoms with Gasteiger partial charge in [0.2, 0.25) is 5.95 Å². The maximum atomic E-state index is 11.7. The van der Waals surface area contributed by atoms with Gasteiger partial charge in [-0.15, -0.1) is 0 Å². The predicted octanol–water partition coefficient (Wildman–Crippen LogP) is 2.98. The summed E-state index contributed by atoms with van der Waals surface area (Å²) in [6, 6.07) is 5.78. The molecule has 0 saturated carbocycles. The highest BCUT2D eigenvalue weighted by molar-refractivity contribution is 6.00. The molecule has 1 aromatic heterocycles. The molecular weight excluding hydrogens is 292 g/mol. The monoisotopic (exact) mass is 312 g/mol. The maximum absolute atomic E-state index is 11.7. The molecule has 1 aromatic carbocycles. The second-order valence-corrected chi connectivity index (χ2v) is 6.17. The second kappa shape index (κ2) is 5.95. The van der Waals surface area contributed by atoms with Crippen LogP contribution in [0.15, 0.2) is 18.2 Å². The van der Waals surface area contributed by atoms with Gasteiger partial charge in [0.05, 0.1) is 0 Å². The molecule has 1 heterocycles. The maximum Gasteiger partial charge on any atom is 0.327 e. The molecule has 0 atom stereocenters. The van der Waals surface area contributed by atoms with Crippen molar-refractivity contribution in [3.63, 3.8) is 0 Å². The number of anilines is 1. The molecule has 3 rings (SSSR count). The van der Waals surface area contributed by atoms with Gasteiger partial charge in [-0.2, -0.15) is 15.0 Å². The third-order valence-electron chi connectivity index (χ3n) is 3.74. The van der Waals surface area contributed by atoms with E-state index < -0.39 is 0 Å². The summed E-state index contributed by atoms with van der Waals surface area (Å²) in [7, 11) is 3.76. The summed E-state index contributed by atoms with van der Waals surface area (Å²) in [4.78, 5) is 26.7. The highest BCUT2D eigenvalue weighted by Gasteiger charge is 2.20. The van der Waals surface area contributed by atoms with Gasteiger partial charge in [0.25, 0.3) is 0 Å². The molecule has 2 aromatic rings. The van der Waals surface area contributed by atoms with E-state index >= 15 is 0 Å². The lowest BCUT2D eigenvalue weighted by atomic mass is 10.1. The normalized spacial score (nSPS) is 13.3. The third kappa shape index (κ3) is 3.16. The molecule has 120 valence electrons. The fourth-order valence-electron chi connectivity index (χ4n) is 2.47. The number of nitrogens with zero attached hydrogens (tertiary/aromatic N) is 4. The molecule has 0 amide bonds. The minimum atomic E-state index is 0.177. The van der Waals surface area contributed by atoms with Crippen LogP contribution in [0.2, 0.25) is 0 Å². The van der Waals surface area contributed by atoms with E-state index in [0.717, 1.165) is 17.5 Å². The molecule has 0 bridgehead atoms. The van der Waals surface area contributed by atoms with Crippen molar-refractivity contribution in [3.05, 3.63) is 35.2 Å². The van der Waals surface area contributed by atoms with E-state index in [4.69, 9.17) is 4.74 Å². The Morgan fingerprint density at radius 3 is 2.61 bits per heavy atom. The summed E-state index contributed by atoms with van der Waals surface area (Å²) in [5.41, 5.74) is 1.82. The van der Waals surface area contributed by atoms with Crippen molar-refractivity contribution < 1.29 is 9.53 Å². The first-order valence-electron chi connectivity index (χ1n) is 7.71. The number of aromatic nitrogens is 3. The average molecular weight is 312 g/mol. The number of aryl methyl sites for hydroxylation is 1. The number of ketones is 1. The van der Waals surface area contributed by atoms with Gasteiger partial charge in [0.1, 0.15) is 11.6 Å².